The van der Waals surface area contributed by atoms with Gasteiger partial charge in [0.1, 0.15) is 5.82 Å². The molecule has 2 aromatic carbocycles. The van der Waals surface area contributed by atoms with Crippen LogP contribution in [0.5, 0.6) is 11.5 Å². The first-order valence-corrected chi connectivity index (χ1v) is 6.61. The maximum absolute atomic E-state index is 5.77. The third kappa shape index (κ3) is 2.18. The van der Waals surface area contributed by atoms with Crippen molar-refractivity contribution in [2.24, 2.45) is 0 Å². The van der Waals surface area contributed by atoms with Crippen molar-refractivity contribution in [2.45, 2.75) is 0 Å². The highest BCUT2D eigenvalue weighted by Gasteiger charge is 2.13. The fourth-order valence-corrected chi connectivity index (χ4v) is 2.34. The minimum atomic E-state index is 0.272. The predicted molar refractivity (Wildman–Crippen MR) is 82.0 cm³/mol. The minimum Gasteiger partial charge on any atom is -0.454 e. The number of fused-ring (bicyclic) bond motifs is 2. The quantitative estimate of drug-likeness (QED) is 0.704. The lowest BCUT2D eigenvalue weighted by Gasteiger charge is -2.08. The van der Waals surface area contributed by atoms with Crippen LogP contribution in [0.1, 0.15) is 0 Å². The van der Waals surface area contributed by atoms with Gasteiger partial charge < -0.3 is 20.5 Å². The Labute approximate surface area is 121 Å². The number of nitrogens with one attached hydrogen (secondary N) is 1. The summed E-state index contributed by atoms with van der Waals surface area (Å²) in [4.78, 5) is 4.57. The summed E-state index contributed by atoms with van der Waals surface area (Å²) in [5, 5.41) is 4.28. The van der Waals surface area contributed by atoms with Gasteiger partial charge in [0, 0.05) is 22.8 Å². The van der Waals surface area contributed by atoms with Gasteiger partial charge in [0.25, 0.3) is 0 Å². The van der Waals surface area contributed by atoms with Crippen molar-refractivity contribution in [1.29, 1.82) is 0 Å². The van der Waals surface area contributed by atoms with E-state index in [1.807, 2.05) is 48.5 Å². The number of rotatable bonds is 2. The molecule has 0 bridgehead atoms. The lowest BCUT2D eigenvalue weighted by Crippen LogP contribution is -1.94. The van der Waals surface area contributed by atoms with E-state index in [0.717, 1.165) is 39.6 Å². The lowest BCUT2D eigenvalue weighted by atomic mass is 10.2. The summed E-state index contributed by atoms with van der Waals surface area (Å²) in [7, 11) is 0. The summed E-state index contributed by atoms with van der Waals surface area (Å²) in [6.45, 7) is 0.272. The van der Waals surface area contributed by atoms with Crippen molar-refractivity contribution in [3.8, 4) is 11.5 Å². The Balaban J connectivity index is 1.66. The van der Waals surface area contributed by atoms with Crippen molar-refractivity contribution in [3.63, 3.8) is 0 Å². The van der Waals surface area contributed by atoms with Gasteiger partial charge in [-0.15, -0.1) is 0 Å². The molecule has 0 aliphatic carbocycles. The van der Waals surface area contributed by atoms with Gasteiger partial charge in [0.2, 0.25) is 6.79 Å². The number of hydrogen-bond acceptors (Lipinski definition) is 5. The zero-order valence-electron chi connectivity index (χ0n) is 11.2. The van der Waals surface area contributed by atoms with E-state index in [1.165, 1.54) is 0 Å². The highest BCUT2D eigenvalue weighted by atomic mass is 16.7. The molecular weight excluding hydrogens is 266 g/mol. The molecule has 1 aliphatic heterocycles. The number of pyridine rings is 1. The van der Waals surface area contributed by atoms with Crippen LogP contribution in [0.4, 0.5) is 17.2 Å². The largest absolute Gasteiger partial charge is 0.454 e. The van der Waals surface area contributed by atoms with Gasteiger partial charge in [-0.2, -0.15) is 0 Å². The van der Waals surface area contributed by atoms with Crippen LogP contribution in [0.2, 0.25) is 0 Å². The molecule has 3 aromatic rings. The second kappa shape index (κ2) is 4.56. The Morgan fingerprint density at radius 2 is 1.86 bits per heavy atom. The SMILES string of the molecule is Nc1ccc2nc(Nc3ccc4c(c3)OCO4)ccc2c1. The lowest BCUT2D eigenvalue weighted by molar-refractivity contribution is 0.174. The standard InChI is InChI=1S/C16H13N3O2/c17-11-2-4-13-10(7-11)1-6-16(19-13)18-12-3-5-14-15(8-12)21-9-20-14/h1-8H,9,17H2,(H,18,19). The van der Waals surface area contributed by atoms with Crippen LogP contribution in [0.3, 0.4) is 0 Å². The monoisotopic (exact) mass is 279 g/mol. The highest BCUT2D eigenvalue weighted by molar-refractivity contribution is 5.83. The molecule has 5 heteroatoms. The molecule has 2 heterocycles. The molecule has 0 radical (unpaired) electrons. The van der Waals surface area contributed by atoms with E-state index in [9.17, 15) is 0 Å². The number of aromatic nitrogens is 1. The number of hydrogen-bond donors (Lipinski definition) is 2. The Kier molecular flexibility index (Phi) is 2.57. The molecule has 0 fully saturated rings. The van der Waals surface area contributed by atoms with Crippen LogP contribution in [0, 0.1) is 0 Å². The van der Waals surface area contributed by atoms with Crippen molar-refractivity contribution >= 4 is 28.1 Å². The Hall–Kier alpha value is -2.95. The molecule has 3 N–H and O–H groups in total. The first-order valence-electron chi connectivity index (χ1n) is 6.61. The first-order chi connectivity index (χ1) is 10.3. The molecule has 1 aliphatic rings. The summed E-state index contributed by atoms with van der Waals surface area (Å²) in [6.07, 6.45) is 0. The van der Waals surface area contributed by atoms with Crippen molar-refractivity contribution in [1.82, 2.24) is 4.98 Å². The normalized spacial score (nSPS) is 12.6. The molecule has 21 heavy (non-hydrogen) atoms. The summed E-state index contributed by atoms with van der Waals surface area (Å²) in [6, 6.07) is 15.3. The summed E-state index contributed by atoms with van der Waals surface area (Å²) >= 11 is 0. The number of nitrogens with zero attached hydrogens (tertiary/aromatic N) is 1. The molecule has 104 valence electrons. The Morgan fingerprint density at radius 1 is 0.952 bits per heavy atom. The second-order valence-electron chi connectivity index (χ2n) is 4.84. The smallest absolute Gasteiger partial charge is 0.231 e. The van der Waals surface area contributed by atoms with Gasteiger partial charge in [-0.25, -0.2) is 4.98 Å². The number of ether oxygens (including phenoxy) is 2. The highest BCUT2D eigenvalue weighted by Crippen LogP contribution is 2.35. The van der Waals surface area contributed by atoms with Crippen LogP contribution in [-0.4, -0.2) is 11.8 Å². The Bertz CT molecular complexity index is 833. The molecule has 0 atom stereocenters. The summed E-state index contributed by atoms with van der Waals surface area (Å²) < 4.78 is 10.7. The molecular formula is C16H13N3O2. The zero-order valence-corrected chi connectivity index (χ0v) is 11.2. The van der Waals surface area contributed by atoms with Crippen molar-refractivity contribution in [3.05, 3.63) is 48.5 Å². The predicted octanol–water partition coefficient (Wildman–Crippen LogP) is 3.29. The third-order valence-electron chi connectivity index (χ3n) is 3.36. The maximum Gasteiger partial charge on any atom is 0.231 e. The van der Waals surface area contributed by atoms with Gasteiger partial charge in [0.05, 0.1) is 5.52 Å². The van der Waals surface area contributed by atoms with Crippen LogP contribution >= 0.6 is 0 Å². The van der Waals surface area contributed by atoms with E-state index in [2.05, 4.69) is 10.3 Å². The number of anilines is 3. The van der Waals surface area contributed by atoms with E-state index in [-0.39, 0.29) is 6.79 Å². The number of nitrogen functional groups attached to an aromatic ring is 1. The molecule has 0 unspecified atom stereocenters. The van der Waals surface area contributed by atoms with Gasteiger partial charge in [-0.05, 0) is 42.5 Å². The van der Waals surface area contributed by atoms with Gasteiger partial charge in [-0.1, -0.05) is 0 Å². The summed E-state index contributed by atoms with van der Waals surface area (Å²) in [5.41, 5.74) is 8.31. The molecule has 1 aromatic heterocycles. The van der Waals surface area contributed by atoms with Crippen LogP contribution in [0.15, 0.2) is 48.5 Å². The Morgan fingerprint density at radius 3 is 2.81 bits per heavy atom. The molecule has 0 spiro atoms. The van der Waals surface area contributed by atoms with Crippen molar-refractivity contribution in [2.75, 3.05) is 17.8 Å². The minimum absolute atomic E-state index is 0.272. The fraction of sp³-hybridized carbons (Fsp3) is 0.0625. The van der Waals surface area contributed by atoms with Gasteiger partial charge in [0.15, 0.2) is 11.5 Å². The van der Waals surface area contributed by atoms with Crippen LogP contribution in [0.25, 0.3) is 10.9 Å². The van der Waals surface area contributed by atoms with Gasteiger partial charge in [-0.3, -0.25) is 0 Å². The maximum atomic E-state index is 5.77. The first kappa shape index (κ1) is 11.8. The fourth-order valence-electron chi connectivity index (χ4n) is 2.34. The summed E-state index contributed by atoms with van der Waals surface area (Å²) in [5.74, 6) is 2.28. The molecule has 5 nitrogen and oxygen atoms in total. The van der Waals surface area contributed by atoms with E-state index in [1.54, 1.807) is 0 Å². The average Bonchev–Trinajstić information content (AvgIpc) is 2.95. The number of benzene rings is 2. The van der Waals surface area contributed by atoms with Crippen LogP contribution < -0.4 is 20.5 Å². The van der Waals surface area contributed by atoms with Gasteiger partial charge >= 0.3 is 0 Å². The van der Waals surface area contributed by atoms with Crippen molar-refractivity contribution < 1.29 is 9.47 Å². The molecule has 0 saturated heterocycles. The zero-order chi connectivity index (χ0) is 14.2. The second-order valence-corrected chi connectivity index (χ2v) is 4.84. The van der Waals surface area contributed by atoms with E-state index < -0.39 is 0 Å². The topological polar surface area (TPSA) is 69.4 Å². The van der Waals surface area contributed by atoms with E-state index in [4.69, 9.17) is 15.2 Å². The third-order valence-corrected chi connectivity index (χ3v) is 3.36. The number of nitrogens with two attached hydrogens (primary N) is 1. The average molecular weight is 279 g/mol. The van der Waals surface area contributed by atoms with E-state index >= 15 is 0 Å². The molecule has 0 amide bonds. The molecule has 0 saturated carbocycles. The van der Waals surface area contributed by atoms with E-state index in [0.29, 0.717) is 0 Å². The molecule has 4 rings (SSSR count). The van der Waals surface area contributed by atoms with Crippen LogP contribution in [-0.2, 0) is 0 Å².